The van der Waals surface area contributed by atoms with E-state index in [4.69, 9.17) is 4.74 Å². The highest BCUT2D eigenvalue weighted by Gasteiger charge is 2.31. The van der Waals surface area contributed by atoms with Gasteiger partial charge in [0.2, 0.25) is 0 Å². The Bertz CT molecular complexity index is 626. The zero-order chi connectivity index (χ0) is 16.2. The Morgan fingerprint density at radius 1 is 1.52 bits per heavy atom. The van der Waals surface area contributed by atoms with Gasteiger partial charge >= 0.3 is 0 Å². The minimum absolute atomic E-state index is 0.0190. The van der Waals surface area contributed by atoms with E-state index in [0.717, 1.165) is 42.8 Å². The predicted octanol–water partition coefficient (Wildman–Crippen LogP) is 2.76. The van der Waals surface area contributed by atoms with Gasteiger partial charge in [0.05, 0.1) is 17.2 Å². The Morgan fingerprint density at radius 2 is 2.39 bits per heavy atom. The van der Waals surface area contributed by atoms with Gasteiger partial charge in [0.25, 0.3) is 0 Å². The molecule has 1 aliphatic heterocycles. The topological polar surface area (TPSA) is 56.9 Å². The number of aryl methyl sites for hydroxylation is 1. The lowest BCUT2D eigenvalue weighted by Gasteiger charge is -2.34. The van der Waals surface area contributed by atoms with Crippen molar-refractivity contribution in [3.8, 4) is 0 Å². The quantitative estimate of drug-likeness (QED) is 0.835. The van der Waals surface area contributed by atoms with Gasteiger partial charge in [-0.3, -0.25) is 4.68 Å². The highest BCUT2D eigenvalue weighted by molar-refractivity contribution is 9.10. The summed E-state index contributed by atoms with van der Waals surface area (Å²) >= 11 is 3.44. The van der Waals surface area contributed by atoms with Crippen LogP contribution in [0.3, 0.4) is 0 Å². The average Bonchev–Trinajstić information content (AvgIpc) is 3.16. The van der Waals surface area contributed by atoms with E-state index in [2.05, 4.69) is 49.7 Å². The zero-order valence-corrected chi connectivity index (χ0v) is 15.2. The van der Waals surface area contributed by atoms with Crippen molar-refractivity contribution in [3.05, 3.63) is 35.1 Å². The summed E-state index contributed by atoms with van der Waals surface area (Å²) in [6, 6.07) is 0.589. The lowest BCUT2D eigenvalue weighted by molar-refractivity contribution is -0.0208. The maximum absolute atomic E-state index is 6.06. The molecule has 0 bridgehead atoms. The molecule has 3 heterocycles. The van der Waals surface area contributed by atoms with Gasteiger partial charge in [0.15, 0.2) is 0 Å². The first-order chi connectivity index (χ1) is 11.2. The maximum atomic E-state index is 6.06. The third-order valence-corrected chi connectivity index (χ3v) is 4.64. The first-order valence-electron chi connectivity index (χ1n) is 8.24. The molecular formula is C16H24BrN5O. The van der Waals surface area contributed by atoms with Crippen molar-refractivity contribution in [1.29, 1.82) is 0 Å². The van der Waals surface area contributed by atoms with Crippen LogP contribution in [-0.4, -0.2) is 38.0 Å². The van der Waals surface area contributed by atoms with Gasteiger partial charge in [-0.25, -0.2) is 4.98 Å². The Kier molecular flexibility index (Phi) is 5.50. The SMILES string of the molecule is CCn1ccnc1[C@H]1OCCC[C@@H]1NC(C)Cn1cc(Br)cn1. The van der Waals surface area contributed by atoms with Crippen LogP contribution in [0.5, 0.6) is 0 Å². The van der Waals surface area contributed by atoms with Crippen molar-refractivity contribution in [2.24, 2.45) is 0 Å². The van der Waals surface area contributed by atoms with Gasteiger partial charge in [-0.15, -0.1) is 0 Å². The Hall–Kier alpha value is -1.18. The molecule has 2 aromatic rings. The molecule has 0 aliphatic carbocycles. The third kappa shape index (κ3) is 4.02. The first-order valence-corrected chi connectivity index (χ1v) is 9.03. The minimum Gasteiger partial charge on any atom is -0.369 e. The fourth-order valence-electron chi connectivity index (χ4n) is 3.19. The third-order valence-electron chi connectivity index (χ3n) is 4.23. The molecule has 0 spiro atoms. The van der Waals surface area contributed by atoms with E-state index in [1.165, 1.54) is 0 Å². The number of hydrogen-bond donors (Lipinski definition) is 1. The molecule has 1 fully saturated rings. The minimum atomic E-state index is 0.0190. The molecule has 2 aromatic heterocycles. The van der Waals surface area contributed by atoms with Crippen molar-refractivity contribution < 1.29 is 4.74 Å². The molecular weight excluding hydrogens is 358 g/mol. The van der Waals surface area contributed by atoms with Gasteiger partial charge in [0.1, 0.15) is 11.9 Å². The number of halogens is 1. The number of rotatable bonds is 6. The second-order valence-corrected chi connectivity index (χ2v) is 6.98. The van der Waals surface area contributed by atoms with Crippen molar-refractivity contribution in [1.82, 2.24) is 24.6 Å². The van der Waals surface area contributed by atoms with Crippen LogP contribution in [0.4, 0.5) is 0 Å². The van der Waals surface area contributed by atoms with Crippen molar-refractivity contribution >= 4 is 15.9 Å². The van der Waals surface area contributed by atoms with E-state index in [1.807, 2.05) is 29.5 Å². The highest BCUT2D eigenvalue weighted by atomic mass is 79.9. The molecule has 126 valence electrons. The molecule has 6 nitrogen and oxygen atoms in total. The monoisotopic (exact) mass is 381 g/mol. The molecule has 7 heteroatoms. The molecule has 0 saturated carbocycles. The fourth-order valence-corrected chi connectivity index (χ4v) is 3.52. The van der Waals surface area contributed by atoms with E-state index in [0.29, 0.717) is 6.04 Å². The zero-order valence-electron chi connectivity index (χ0n) is 13.7. The first kappa shape index (κ1) is 16.7. The van der Waals surface area contributed by atoms with Crippen LogP contribution < -0.4 is 5.32 Å². The van der Waals surface area contributed by atoms with Crippen LogP contribution in [-0.2, 0) is 17.8 Å². The van der Waals surface area contributed by atoms with E-state index in [1.54, 1.807) is 0 Å². The van der Waals surface area contributed by atoms with Crippen LogP contribution in [0, 0.1) is 0 Å². The number of ether oxygens (including phenoxy) is 1. The number of imidazole rings is 1. The van der Waals surface area contributed by atoms with Crippen LogP contribution >= 0.6 is 15.9 Å². The predicted molar refractivity (Wildman–Crippen MR) is 92.1 cm³/mol. The lowest BCUT2D eigenvalue weighted by atomic mass is 10.0. The summed E-state index contributed by atoms with van der Waals surface area (Å²) in [5.41, 5.74) is 0. The van der Waals surface area contributed by atoms with Gasteiger partial charge in [-0.2, -0.15) is 5.10 Å². The smallest absolute Gasteiger partial charge is 0.139 e. The second kappa shape index (κ2) is 7.59. The number of hydrogen-bond acceptors (Lipinski definition) is 4. The molecule has 1 unspecified atom stereocenters. The molecule has 0 amide bonds. The van der Waals surface area contributed by atoms with Gasteiger partial charge < -0.3 is 14.6 Å². The standard InChI is InChI=1S/C16H24BrN5O/c1-3-21-7-6-18-16(21)15-14(5-4-8-23-15)20-12(2)10-22-11-13(17)9-19-22/h6-7,9,11-12,14-15,20H,3-5,8,10H2,1-2H3/t12?,14-,15-/m0/s1. The summed E-state index contributed by atoms with van der Waals surface area (Å²) in [6.07, 6.45) is 9.91. The largest absolute Gasteiger partial charge is 0.369 e. The van der Waals surface area contributed by atoms with Gasteiger partial charge in [0, 0.05) is 43.8 Å². The van der Waals surface area contributed by atoms with Crippen LogP contribution in [0.1, 0.15) is 38.6 Å². The Labute approximate surface area is 145 Å². The van der Waals surface area contributed by atoms with Crippen LogP contribution in [0.25, 0.3) is 0 Å². The van der Waals surface area contributed by atoms with E-state index in [9.17, 15) is 0 Å². The van der Waals surface area contributed by atoms with E-state index >= 15 is 0 Å². The van der Waals surface area contributed by atoms with E-state index in [-0.39, 0.29) is 12.1 Å². The molecule has 0 aromatic carbocycles. The molecule has 23 heavy (non-hydrogen) atoms. The summed E-state index contributed by atoms with van der Waals surface area (Å²) in [6.45, 7) is 6.87. The van der Waals surface area contributed by atoms with Crippen LogP contribution in [0.15, 0.2) is 29.3 Å². The molecule has 1 saturated heterocycles. The summed E-state index contributed by atoms with van der Waals surface area (Å²) < 4.78 is 11.2. The summed E-state index contributed by atoms with van der Waals surface area (Å²) in [5, 5.41) is 8.04. The highest BCUT2D eigenvalue weighted by Crippen LogP contribution is 2.28. The van der Waals surface area contributed by atoms with Crippen molar-refractivity contribution in [2.75, 3.05) is 6.61 Å². The normalized spacial score (nSPS) is 23.1. The van der Waals surface area contributed by atoms with Crippen molar-refractivity contribution in [3.63, 3.8) is 0 Å². The molecule has 3 rings (SSSR count). The Balaban J connectivity index is 1.66. The molecule has 0 radical (unpaired) electrons. The van der Waals surface area contributed by atoms with Crippen LogP contribution in [0.2, 0.25) is 0 Å². The molecule has 1 aliphatic rings. The summed E-state index contributed by atoms with van der Waals surface area (Å²) in [4.78, 5) is 4.53. The second-order valence-electron chi connectivity index (χ2n) is 6.06. The summed E-state index contributed by atoms with van der Waals surface area (Å²) in [7, 11) is 0. The average molecular weight is 382 g/mol. The molecule has 1 N–H and O–H groups in total. The van der Waals surface area contributed by atoms with Crippen molar-refractivity contribution in [2.45, 2.75) is 58.0 Å². The van der Waals surface area contributed by atoms with Gasteiger partial charge in [-0.1, -0.05) is 0 Å². The fraction of sp³-hybridized carbons (Fsp3) is 0.625. The van der Waals surface area contributed by atoms with E-state index < -0.39 is 0 Å². The maximum Gasteiger partial charge on any atom is 0.139 e. The molecule has 3 atom stereocenters. The number of nitrogens with one attached hydrogen (secondary N) is 1. The number of aromatic nitrogens is 4. The summed E-state index contributed by atoms with van der Waals surface area (Å²) in [5.74, 6) is 1.03. The number of nitrogens with zero attached hydrogens (tertiary/aromatic N) is 4. The van der Waals surface area contributed by atoms with Gasteiger partial charge in [-0.05, 0) is 42.6 Å². The Morgan fingerprint density at radius 3 is 3.13 bits per heavy atom. The lowest BCUT2D eigenvalue weighted by Crippen LogP contribution is -2.46.